The van der Waals surface area contributed by atoms with Crippen LogP contribution in [0, 0.1) is 5.92 Å². The second kappa shape index (κ2) is 13.0. The van der Waals surface area contributed by atoms with E-state index in [0.29, 0.717) is 17.6 Å². The third-order valence-electron chi connectivity index (χ3n) is 6.44. The van der Waals surface area contributed by atoms with Crippen LogP contribution in [0.4, 0.5) is 0 Å². The summed E-state index contributed by atoms with van der Waals surface area (Å²) >= 11 is 0. The Morgan fingerprint density at radius 3 is 2.51 bits per heavy atom. The van der Waals surface area contributed by atoms with Gasteiger partial charge in [-0.05, 0) is 62.9 Å². The number of hydrogen-bond donors (Lipinski definition) is 4. The van der Waals surface area contributed by atoms with Crippen LogP contribution in [0.15, 0.2) is 54.2 Å². The topological polar surface area (TPSA) is 177 Å². The Labute approximate surface area is 225 Å². The number of ether oxygens (including phenoxy) is 2. The lowest BCUT2D eigenvalue weighted by atomic mass is 9.92. The molecular weight excluding hydrogens is 508 g/mol. The molecule has 1 unspecified atom stereocenters. The molecule has 2 aromatic rings. The molecule has 0 saturated carbocycles. The Bertz CT molecular complexity index is 1250. The summed E-state index contributed by atoms with van der Waals surface area (Å²) < 4.78 is 10.9. The molecule has 39 heavy (non-hydrogen) atoms. The fourth-order valence-electron chi connectivity index (χ4n) is 3.92. The summed E-state index contributed by atoms with van der Waals surface area (Å²) in [5.74, 6) is -5.52. The van der Waals surface area contributed by atoms with Crippen molar-refractivity contribution in [1.82, 2.24) is 20.6 Å². The number of nitrogens with zero attached hydrogens (tertiary/aromatic N) is 2. The molecule has 12 nitrogen and oxygen atoms in total. The number of esters is 2. The van der Waals surface area contributed by atoms with Gasteiger partial charge >= 0.3 is 11.9 Å². The monoisotopic (exact) mass is 540 g/mol. The molecule has 208 valence electrons. The van der Waals surface area contributed by atoms with Crippen molar-refractivity contribution in [3.8, 4) is 5.75 Å². The van der Waals surface area contributed by atoms with E-state index in [9.17, 15) is 29.4 Å². The lowest BCUT2D eigenvalue weighted by Crippen LogP contribution is -2.59. The summed E-state index contributed by atoms with van der Waals surface area (Å²) in [7, 11) is 0. The van der Waals surface area contributed by atoms with Gasteiger partial charge in [0, 0.05) is 18.6 Å². The summed E-state index contributed by atoms with van der Waals surface area (Å²) in [5.41, 5.74) is 0.733. The molecule has 4 N–H and O–H groups in total. The Kier molecular flexibility index (Phi) is 9.72. The van der Waals surface area contributed by atoms with Gasteiger partial charge in [0.25, 0.3) is 5.91 Å². The molecular formula is C27H32N4O8. The highest BCUT2D eigenvalue weighted by Gasteiger charge is 2.39. The number of rotatable bonds is 5. The van der Waals surface area contributed by atoms with Gasteiger partial charge in [0.1, 0.15) is 17.9 Å². The molecule has 12 heteroatoms. The molecule has 3 heterocycles. The average Bonchev–Trinajstić information content (AvgIpc) is 2.92. The van der Waals surface area contributed by atoms with E-state index in [1.54, 1.807) is 38.4 Å². The van der Waals surface area contributed by atoms with Crippen molar-refractivity contribution in [3.63, 3.8) is 0 Å². The van der Waals surface area contributed by atoms with Crippen molar-refractivity contribution in [2.75, 3.05) is 0 Å². The zero-order valence-electron chi connectivity index (χ0n) is 22.1. The van der Waals surface area contributed by atoms with Gasteiger partial charge < -0.3 is 30.3 Å². The minimum absolute atomic E-state index is 0.0882. The van der Waals surface area contributed by atoms with Crippen LogP contribution in [-0.2, 0) is 30.3 Å². The highest BCUT2D eigenvalue weighted by molar-refractivity contribution is 5.98. The molecule has 2 amide bonds. The number of aromatic nitrogens is 2. The first-order valence-corrected chi connectivity index (χ1v) is 12.5. The fourth-order valence-corrected chi connectivity index (χ4v) is 3.92. The molecule has 1 aliphatic heterocycles. The van der Waals surface area contributed by atoms with Crippen LogP contribution in [0.2, 0.25) is 0 Å². The maximum absolute atomic E-state index is 13.6. The molecule has 1 saturated heterocycles. The van der Waals surface area contributed by atoms with Crippen LogP contribution in [0.3, 0.4) is 0 Å². The largest absolute Gasteiger partial charge is 0.505 e. The molecule has 2 aromatic heterocycles. The van der Waals surface area contributed by atoms with Gasteiger partial charge in [-0.2, -0.15) is 0 Å². The predicted molar refractivity (Wildman–Crippen MR) is 137 cm³/mol. The maximum Gasteiger partial charge on any atom is 0.374 e. The zero-order chi connectivity index (χ0) is 28.7. The summed E-state index contributed by atoms with van der Waals surface area (Å²) in [5, 5.41) is 26.3. The quantitative estimate of drug-likeness (QED) is 0.318. The van der Waals surface area contributed by atoms with Gasteiger partial charge in [0.15, 0.2) is 5.69 Å². The van der Waals surface area contributed by atoms with E-state index in [2.05, 4.69) is 20.6 Å². The van der Waals surface area contributed by atoms with Crippen molar-refractivity contribution >= 4 is 23.8 Å². The highest BCUT2D eigenvalue weighted by atomic mass is 16.6. The SMILES string of the molecule is CC/C(C)=C1\OC(=O)[C@H](C)[C@H](O)[C@H](Cc2cccnc2)NC(=O)C(NC(=O)c2ncccc2O)[C@@H](C)OC1=O. The molecule has 0 aliphatic carbocycles. The number of carbonyl (C=O) groups excluding carboxylic acids is 4. The number of amides is 2. The van der Waals surface area contributed by atoms with Gasteiger partial charge in [-0.15, -0.1) is 0 Å². The number of aromatic hydroxyl groups is 1. The van der Waals surface area contributed by atoms with E-state index in [1.165, 1.54) is 32.2 Å². The Morgan fingerprint density at radius 1 is 1.15 bits per heavy atom. The first-order valence-electron chi connectivity index (χ1n) is 12.5. The number of aliphatic hydroxyl groups excluding tert-OH is 1. The lowest BCUT2D eigenvalue weighted by molar-refractivity contribution is -0.161. The molecule has 1 aliphatic rings. The number of nitrogens with one attached hydrogen (secondary N) is 2. The summed E-state index contributed by atoms with van der Waals surface area (Å²) in [6, 6.07) is 3.62. The van der Waals surface area contributed by atoms with Crippen molar-refractivity contribution in [3.05, 3.63) is 65.4 Å². The van der Waals surface area contributed by atoms with Crippen LogP contribution in [0.25, 0.3) is 0 Å². The predicted octanol–water partition coefficient (Wildman–Crippen LogP) is 1.18. The number of hydrogen-bond acceptors (Lipinski definition) is 10. The first kappa shape index (κ1) is 29.2. The van der Waals surface area contributed by atoms with Crippen molar-refractivity contribution in [1.29, 1.82) is 0 Å². The van der Waals surface area contributed by atoms with Crippen LogP contribution in [0.1, 0.15) is 50.2 Å². The zero-order valence-corrected chi connectivity index (χ0v) is 22.1. The van der Waals surface area contributed by atoms with E-state index in [0.717, 1.165) is 0 Å². The minimum Gasteiger partial charge on any atom is -0.505 e. The number of cyclic esters (lactones) is 2. The molecule has 3 rings (SSSR count). The smallest absolute Gasteiger partial charge is 0.374 e. The normalized spacial score (nSPS) is 25.8. The van der Waals surface area contributed by atoms with E-state index in [1.807, 2.05) is 0 Å². The average molecular weight is 541 g/mol. The number of allylic oxidation sites excluding steroid dienone is 1. The van der Waals surface area contributed by atoms with Crippen molar-refractivity contribution < 1.29 is 38.9 Å². The van der Waals surface area contributed by atoms with Gasteiger partial charge in [-0.1, -0.05) is 13.0 Å². The third-order valence-corrected chi connectivity index (χ3v) is 6.44. The molecule has 0 spiro atoms. The fraction of sp³-hybridized carbons (Fsp3) is 0.407. The molecule has 0 bridgehead atoms. The van der Waals surface area contributed by atoms with Crippen LogP contribution >= 0.6 is 0 Å². The Balaban J connectivity index is 2.03. The number of aliphatic hydroxyl groups is 1. The summed E-state index contributed by atoms with van der Waals surface area (Å²) in [4.78, 5) is 60.3. The standard InChI is InChI=1S/C27H32N4O8/c1-5-14(2)23-27(37)38-16(4)20(31-25(35)21-19(32)9-7-11-29-21)24(34)30-18(12-17-8-6-10-28-13-17)22(33)15(3)26(36)39-23/h6-11,13,15-16,18,20,22,32-33H,5,12H2,1-4H3,(H,30,34)(H,31,35)/b23-14-/t15-,16-,18+,20?,22+/m1/s1. The van der Waals surface area contributed by atoms with Gasteiger partial charge in [0.2, 0.25) is 11.7 Å². The molecule has 0 aromatic carbocycles. The van der Waals surface area contributed by atoms with E-state index >= 15 is 0 Å². The molecule has 1 fully saturated rings. The Morgan fingerprint density at radius 2 is 1.87 bits per heavy atom. The minimum atomic E-state index is -1.47. The van der Waals surface area contributed by atoms with Gasteiger partial charge in [-0.25, -0.2) is 9.78 Å². The van der Waals surface area contributed by atoms with Gasteiger partial charge in [-0.3, -0.25) is 19.4 Å². The molecule has 0 radical (unpaired) electrons. The maximum atomic E-state index is 13.6. The summed E-state index contributed by atoms with van der Waals surface area (Å²) in [6.45, 7) is 6.13. The number of pyridine rings is 2. The lowest BCUT2D eigenvalue weighted by Gasteiger charge is -2.32. The molecule has 5 atom stereocenters. The van der Waals surface area contributed by atoms with Crippen molar-refractivity contribution in [2.45, 2.75) is 64.8 Å². The number of carbonyl (C=O) groups is 4. The van der Waals surface area contributed by atoms with Crippen LogP contribution in [-0.4, -0.2) is 68.2 Å². The van der Waals surface area contributed by atoms with Crippen LogP contribution < -0.4 is 10.6 Å². The first-order chi connectivity index (χ1) is 18.5. The Hall–Kier alpha value is -4.32. The third kappa shape index (κ3) is 7.17. The van der Waals surface area contributed by atoms with E-state index < -0.39 is 59.7 Å². The van der Waals surface area contributed by atoms with Crippen molar-refractivity contribution in [2.24, 2.45) is 5.92 Å². The van der Waals surface area contributed by atoms with E-state index in [4.69, 9.17) is 9.47 Å². The highest BCUT2D eigenvalue weighted by Crippen LogP contribution is 2.21. The second-order valence-corrected chi connectivity index (χ2v) is 9.28. The van der Waals surface area contributed by atoms with Crippen LogP contribution in [0.5, 0.6) is 5.75 Å². The van der Waals surface area contributed by atoms with E-state index in [-0.39, 0.29) is 17.9 Å². The summed E-state index contributed by atoms with van der Waals surface area (Å²) in [6.07, 6.45) is 2.15. The second-order valence-electron chi connectivity index (χ2n) is 9.28. The van der Waals surface area contributed by atoms with Gasteiger partial charge in [0.05, 0.1) is 18.1 Å².